The highest BCUT2D eigenvalue weighted by Gasteiger charge is 2.61. The fourth-order valence-electron chi connectivity index (χ4n) is 9.41. The molecule has 4 rings (SSSR count). The third kappa shape index (κ3) is 3.40. The van der Waals surface area contributed by atoms with E-state index in [0.717, 1.165) is 41.9 Å². The van der Waals surface area contributed by atoms with Gasteiger partial charge >= 0.3 is 0 Å². The van der Waals surface area contributed by atoms with Crippen LogP contribution in [-0.2, 0) is 0 Å². The van der Waals surface area contributed by atoms with Crippen LogP contribution >= 0.6 is 0 Å². The maximum Gasteiger partial charge on any atom is 0.0573 e. The van der Waals surface area contributed by atoms with Gasteiger partial charge < -0.3 is 5.11 Å². The van der Waals surface area contributed by atoms with Crippen molar-refractivity contribution in [2.45, 2.75) is 118 Å². The lowest BCUT2D eigenvalue weighted by atomic mass is 9.44. The molecule has 4 saturated carbocycles. The lowest BCUT2D eigenvalue weighted by Crippen LogP contribution is -2.55. The second-order valence-corrected chi connectivity index (χ2v) is 12.6. The summed E-state index contributed by atoms with van der Waals surface area (Å²) in [6.45, 7) is 12.6. The van der Waals surface area contributed by atoms with E-state index in [1.807, 2.05) is 0 Å². The molecule has 0 aliphatic heterocycles. The van der Waals surface area contributed by atoms with Crippen LogP contribution in [0.5, 0.6) is 0 Å². The van der Waals surface area contributed by atoms with E-state index in [0.29, 0.717) is 16.7 Å². The van der Waals surface area contributed by atoms with Crippen molar-refractivity contribution in [3.05, 3.63) is 0 Å². The van der Waals surface area contributed by atoms with Crippen LogP contribution in [0, 0.1) is 52.3 Å². The van der Waals surface area contributed by atoms with E-state index in [1.165, 1.54) is 70.6 Å². The molecule has 0 radical (unpaired) electrons. The van der Waals surface area contributed by atoms with Crippen LogP contribution in [0.4, 0.5) is 0 Å². The SMILES string of the molecule is CC(C)CCC[C@@H](C)[C@H]1CC[C@H]2[C@@H]3CCC4C(O)CCC[C@]4(C)[C@H]3CC[C@]12C. The van der Waals surface area contributed by atoms with Gasteiger partial charge in [0, 0.05) is 0 Å². The van der Waals surface area contributed by atoms with Crippen molar-refractivity contribution in [3.63, 3.8) is 0 Å². The summed E-state index contributed by atoms with van der Waals surface area (Å²) in [4.78, 5) is 0. The van der Waals surface area contributed by atoms with Crippen LogP contribution in [0.3, 0.4) is 0 Å². The van der Waals surface area contributed by atoms with Crippen molar-refractivity contribution in [1.82, 2.24) is 0 Å². The van der Waals surface area contributed by atoms with Crippen LogP contribution < -0.4 is 0 Å². The highest BCUT2D eigenvalue weighted by Crippen LogP contribution is 2.68. The van der Waals surface area contributed by atoms with Crippen LogP contribution in [0.1, 0.15) is 112 Å². The summed E-state index contributed by atoms with van der Waals surface area (Å²) in [6, 6.07) is 0. The quantitative estimate of drug-likeness (QED) is 0.518. The van der Waals surface area contributed by atoms with Crippen LogP contribution in [-0.4, -0.2) is 11.2 Å². The van der Waals surface area contributed by atoms with E-state index in [-0.39, 0.29) is 6.10 Å². The highest BCUT2D eigenvalue weighted by molar-refractivity contribution is 5.10. The van der Waals surface area contributed by atoms with Crippen LogP contribution in [0.15, 0.2) is 0 Å². The summed E-state index contributed by atoms with van der Waals surface area (Å²) >= 11 is 0. The third-order valence-electron chi connectivity index (χ3n) is 10.8. The molecule has 1 nitrogen and oxygen atoms in total. The van der Waals surface area contributed by atoms with E-state index >= 15 is 0 Å². The van der Waals surface area contributed by atoms with E-state index in [4.69, 9.17) is 0 Å². The first kappa shape index (κ1) is 21.2. The average molecular weight is 389 g/mol. The standard InChI is InChI=1S/C27H48O/c1-18(2)8-6-9-19(3)21-13-14-22-20-11-12-24-25(28)10-7-16-26(24,4)23(20)15-17-27(21,22)5/h18-25,28H,6-17H2,1-5H3/t19-,20+,21-,22+,23+,24?,25?,26-,27-/m1/s1. The fraction of sp³-hybridized carbons (Fsp3) is 1.00. The summed E-state index contributed by atoms with van der Waals surface area (Å²) in [6.07, 6.45) is 16.6. The monoisotopic (exact) mass is 388 g/mol. The van der Waals surface area contributed by atoms with E-state index < -0.39 is 0 Å². The molecular formula is C27H48O. The minimum Gasteiger partial charge on any atom is -0.393 e. The first-order valence-corrected chi connectivity index (χ1v) is 13.0. The van der Waals surface area contributed by atoms with E-state index in [1.54, 1.807) is 0 Å². The lowest BCUT2D eigenvalue weighted by Gasteiger charge is -2.61. The Labute approximate surface area is 175 Å². The highest BCUT2D eigenvalue weighted by atomic mass is 16.3. The first-order valence-electron chi connectivity index (χ1n) is 13.0. The number of hydrogen-bond donors (Lipinski definition) is 1. The molecule has 4 aliphatic carbocycles. The third-order valence-corrected chi connectivity index (χ3v) is 10.8. The molecule has 0 heterocycles. The van der Waals surface area contributed by atoms with Gasteiger partial charge in [0.15, 0.2) is 0 Å². The molecule has 1 N–H and O–H groups in total. The zero-order valence-corrected chi connectivity index (χ0v) is 19.6. The molecule has 1 heteroatoms. The van der Waals surface area contributed by atoms with Gasteiger partial charge in [-0.15, -0.1) is 0 Å². The molecule has 2 unspecified atom stereocenters. The predicted molar refractivity (Wildman–Crippen MR) is 119 cm³/mol. The van der Waals surface area contributed by atoms with Crippen molar-refractivity contribution in [1.29, 1.82) is 0 Å². The lowest BCUT2D eigenvalue weighted by molar-refractivity contribution is -0.145. The summed E-state index contributed by atoms with van der Waals surface area (Å²) in [7, 11) is 0. The zero-order chi connectivity index (χ0) is 20.1. The maximum absolute atomic E-state index is 10.7. The van der Waals surface area contributed by atoms with Gasteiger partial charge in [-0.1, -0.05) is 60.3 Å². The van der Waals surface area contributed by atoms with Gasteiger partial charge in [-0.25, -0.2) is 0 Å². The molecule has 0 amide bonds. The minimum atomic E-state index is -0.00897. The molecule has 28 heavy (non-hydrogen) atoms. The van der Waals surface area contributed by atoms with Crippen molar-refractivity contribution in [2.75, 3.05) is 0 Å². The molecule has 0 spiro atoms. The fourth-order valence-corrected chi connectivity index (χ4v) is 9.41. The number of aliphatic hydroxyl groups excluding tert-OH is 1. The van der Waals surface area contributed by atoms with Crippen molar-refractivity contribution in [2.24, 2.45) is 52.3 Å². The van der Waals surface area contributed by atoms with E-state index in [9.17, 15) is 5.11 Å². The molecule has 0 aromatic carbocycles. The van der Waals surface area contributed by atoms with Gasteiger partial charge in [-0.3, -0.25) is 0 Å². The minimum absolute atomic E-state index is 0.00897. The number of rotatable bonds is 5. The first-order chi connectivity index (χ1) is 13.3. The normalized spacial score (nSPS) is 49.4. The summed E-state index contributed by atoms with van der Waals surface area (Å²) in [5, 5.41) is 10.7. The average Bonchev–Trinajstić information content (AvgIpc) is 2.98. The van der Waals surface area contributed by atoms with Gasteiger partial charge in [0.2, 0.25) is 0 Å². The van der Waals surface area contributed by atoms with Gasteiger partial charge in [-0.2, -0.15) is 0 Å². The number of hydrogen-bond acceptors (Lipinski definition) is 1. The van der Waals surface area contributed by atoms with Crippen LogP contribution in [0.2, 0.25) is 0 Å². The molecule has 0 bridgehead atoms. The molecule has 0 aromatic rings. The molecule has 4 fully saturated rings. The molecule has 162 valence electrons. The molecule has 0 saturated heterocycles. The van der Waals surface area contributed by atoms with E-state index in [2.05, 4.69) is 34.6 Å². The van der Waals surface area contributed by atoms with Gasteiger partial charge in [0.25, 0.3) is 0 Å². The second kappa shape index (κ2) is 7.90. The Morgan fingerprint density at radius 3 is 2.25 bits per heavy atom. The molecule has 0 aromatic heterocycles. The Kier molecular flexibility index (Phi) is 5.98. The zero-order valence-electron chi connectivity index (χ0n) is 19.6. The number of aliphatic hydroxyl groups is 1. The maximum atomic E-state index is 10.7. The van der Waals surface area contributed by atoms with Crippen LogP contribution in [0.25, 0.3) is 0 Å². The summed E-state index contributed by atoms with van der Waals surface area (Å²) in [5.41, 5.74) is 1.04. The Hall–Kier alpha value is -0.0400. The number of fused-ring (bicyclic) bond motifs is 5. The predicted octanol–water partition coefficient (Wildman–Crippen LogP) is 7.47. The van der Waals surface area contributed by atoms with Crippen molar-refractivity contribution >= 4 is 0 Å². The smallest absolute Gasteiger partial charge is 0.0573 e. The largest absolute Gasteiger partial charge is 0.393 e. The second-order valence-electron chi connectivity index (χ2n) is 12.6. The molecular weight excluding hydrogens is 340 g/mol. The topological polar surface area (TPSA) is 20.2 Å². The Balaban J connectivity index is 1.47. The van der Waals surface area contributed by atoms with Gasteiger partial charge in [0.1, 0.15) is 0 Å². The Morgan fingerprint density at radius 2 is 1.50 bits per heavy atom. The van der Waals surface area contributed by atoms with Crippen molar-refractivity contribution < 1.29 is 5.11 Å². The molecule has 4 aliphatic rings. The van der Waals surface area contributed by atoms with Gasteiger partial charge in [0.05, 0.1) is 6.10 Å². The van der Waals surface area contributed by atoms with Crippen molar-refractivity contribution in [3.8, 4) is 0 Å². The summed E-state index contributed by atoms with van der Waals surface area (Å²) < 4.78 is 0. The molecule has 9 atom stereocenters. The Morgan fingerprint density at radius 1 is 0.786 bits per heavy atom. The Bertz CT molecular complexity index is 540. The summed E-state index contributed by atoms with van der Waals surface area (Å²) in [5.74, 6) is 6.16. The van der Waals surface area contributed by atoms with Gasteiger partial charge in [-0.05, 0) is 104 Å².